The summed E-state index contributed by atoms with van der Waals surface area (Å²) in [6, 6.07) is 0. The standard InChI is InChI=1S/C22H46O4S.K/c1-3-5-7-8-9-10-11-12-13-14-15-16-17-19-22(27(24,25)26)20-21(23)18-6-4-2;/h21-23H,3-20H2,1-2H3,(H,24,25,26);/q;+1/p-1. The Morgan fingerprint density at radius 2 is 1.07 bits per heavy atom. The van der Waals surface area contributed by atoms with Crippen LogP contribution in [0.4, 0.5) is 0 Å². The maximum Gasteiger partial charge on any atom is 1.00 e. The van der Waals surface area contributed by atoms with Crippen molar-refractivity contribution in [3.05, 3.63) is 0 Å². The summed E-state index contributed by atoms with van der Waals surface area (Å²) in [4.78, 5) is 0. The van der Waals surface area contributed by atoms with E-state index in [0.717, 1.165) is 32.1 Å². The summed E-state index contributed by atoms with van der Waals surface area (Å²) in [7, 11) is -4.31. The van der Waals surface area contributed by atoms with Crippen LogP contribution in [0.1, 0.15) is 129 Å². The summed E-state index contributed by atoms with van der Waals surface area (Å²) in [5.41, 5.74) is 0. The first-order valence-electron chi connectivity index (χ1n) is 11.5. The van der Waals surface area contributed by atoms with Crippen molar-refractivity contribution in [3.8, 4) is 0 Å². The Bertz CT molecular complexity index is 415. The minimum absolute atomic E-state index is 0. The Labute approximate surface area is 218 Å². The van der Waals surface area contributed by atoms with Crippen molar-refractivity contribution in [2.24, 2.45) is 0 Å². The van der Waals surface area contributed by atoms with Crippen LogP contribution in [0.3, 0.4) is 0 Å². The predicted octanol–water partition coefficient (Wildman–Crippen LogP) is 3.33. The maximum atomic E-state index is 11.4. The van der Waals surface area contributed by atoms with Crippen molar-refractivity contribution >= 4 is 10.1 Å². The molecule has 0 saturated carbocycles. The third-order valence-corrected chi connectivity index (χ3v) is 6.71. The van der Waals surface area contributed by atoms with Gasteiger partial charge in [-0.3, -0.25) is 0 Å². The van der Waals surface area contributed by atoms with Crippen molar-refractivity contribution in [1.29, 1.82) is 0 Å². The molecule has 28 heavy (non-hydrogen) atoms. The molecule has 2 unspecified atom stereocenters. The summed E-state index contributed by atoms with van der Waals surface area (Å²) in [5.74, 6) is 0. The fraction of sp³-hybridized carbons (Fsp3) is 1.00. The van der Waals surface area contributed by atoms with Gasteiger partial charge in [-0.05, 0) is 19.3 Å². The molecule has 0 spiro atoms. The molecule has 0 aliphatic heterocycles. The van der Waals surface area contributed by atoms with Gasteiger partial charge in [-0.15, -0.1) is 0 Å². The third kappa shape index (κ3) is 20.8. The van der Waals surface area contributed by atoms with Gasteiger partial charge >= 0.3 is 51.4 Å². The fourth-order valence-electron chi connectivity index (χ4n) is 3.63. The monoisotopic (exact) mass is 444 g/mol. The number of hydrogen-bond acceptors (Lipinski definition) is 4. The van der Waals surface area contributed by atoms with Gasteiger partial charge in [0.15, 0.2) is 0 Å². The van der Waals surface area contributed by atoms with E-state index in [1.165, 1.54) is 64.2 Å². The van der Waals surface area contributed by atoms with E-state index in [1.54, 1.807) is 0 Å². The molecule has 6 heteroatoms. The molecule has 0 aromatic carbocycles. The fourth-order valence-corrected chi connectivity index (χ4v) is 4.54. The van der Waals surface area contributed by atoms with Gasteiger partial charge in [0.1, 0.15) is 0 Å². The van der Waals surface area contributed by atoms with Crippen LogP contribution in [-0.2, 0) is 10.1 Å². The van der Waals surface area contributed by atoms with E-state index in [4.69, 9.17) is 0 Å². The van der Waals surface area contributed by atoms with Gasteiger partial charge < -0.3 is 9.66 Å². The molecule has 0 aliphatic rings. The van der Waals surface area contributed by atoms with Crippen molar-refractivity contribution in [1.82, 2.24) is 0 Å². The second-order valence-corrected chi connectivity index (χ2v) is 9.83. The van der Waals surface area contributed by atoms with Crippen LogP contribution >= 0.6 is 0 Å². The van der Waals surface area contributed by atoms with Crippen LogP contribution < -0.4 is 51.4 Å². The maximum absolute atomic E-state index is 11.4. The van der Waals surface area contributed by atoms with E-state index < -0.39 is 21.5 Å². The molecule has 0 bridgehead atoms. The minimum atomic E-state index is -4.31. The van der Waals surface area contributed by atoms with E-state index in [0.29, 0.717) is 12.8 Å². The largest absolute Gasteiger partial charge is 1.00 e. The molecule has 0 rings (SSSR count). The first kappa shape index (κ1) is 31.7. The quantitative estimate of drug-likeness (QED) is 0.177. The second kappa shape index (κ2) is 21.7. The van der Waals surface area contributed by atoms with Crippen molar-refractivity contribution in [3.63, 3.8) is 0 Å². The van der Waals surface area contributed by atoms with Crippen LogP contribution in [0.15, 0.2) is 0 Å². The van der Waals surface area contributed by atoms with Crippen LogP contribution in [0.2, 0.25) is 0 Å². The molecule has 0 amide bonds. The molecular weight excluding hydrogens is 399 g/mol. The van der Waals surface area contributed by atoms with E-state index in [-0.39, 0.29) is 57.8 Å². The Kier molecular flexibility index (Phi) is 24.6. The number of unbranched alkanes of at least 4 members (excludes halogenated alkanes) is 13. The zero-order valence-electron chi connectivity index (χ0n) is 19.0. The van der Waals surface area contributed by atoms with Gasteiger partial charge in [0.25, 0.3) is 0 Å². The van der Waals surface area contributed by atoms with Gasteiger partial charge in [-0.1, -0.05) is 110 Å². The predicted molar refractivity (Wildman–Crippen MR) is 114 cm³/mol. The second-order valence-electron chi connectivity index (χ2n) is 8.18. The SMILES string of the molecule is CCCCCCCCCCCCCCCC(CC(O)CCCC)S(=O)(=O)[O-].[K+]. The summed E-state index contributed by atoms with van der Waals surface area (Å²) in [5, 5.41) is 9.00. The molecule has 0 radical (unpaired) electrons. The van der Waals surface area contributed by atoms with E-state index >= 15 is 0 Å². The third-order valence-electron chi connectivity index (χ3n) is 5.46. The molecule has 0 aliphatic carbocycles. The molecule has 0 saturated heterocycles. The Balaban J connectivity index is 0. The Morgan fingerprint density at radius 3 is 1.46 bits per heavy atom. The van der Waals surface area contributed by atoms with Gasteiger partial charge in [0.05, 0.1) is 21.5 Å². The summed E-state index contributed by atoms with van der Waals surface area (Å²) in [6.45, 7) is 4.28. The number of aliphatic hydroxyl groups is 1. The van der Waals surface area contributed by atoms with Crippen LogP contribution in [0.5, 0.6) is 0 Å². The Morgan fingerprint density at radius 1 is 0.679 bits per heavy atom. The summed E-state index contributed by atoms with van der Waals surface area (Å²) >= 11 is 0. The molecule has 0 fully saturated rings. The smallest absolute Gasteiger partial charge is 0.748 e. The minimum Gasteiger partial charge on any atom is -0.748 e. The molecule has 1 N–H and O–H groups in total. The normalized spacial score (nSPS) is 13.9. The van der Waals surface area contributed by atoms with Crippen LogP contribution in [0.25, 0.3) is 0 Å². The first-order chi connectivity index (χ1) is 12.9. The van der Waals surface area contributed by atoms with Crippen LogP contribution in [0, 0.1) is 0 Å². The summed E-state index contributed by atoms with van der Waals surface area (Å²) < 4.78 is 34.3. The van der Waals surface area contributed by atoms with E-state index in [1.807, 2.05) is 6.92 Å². The number of rotatable bonds is 20. The van der Waals surface area contributed by atoms with Gasteiger partial charge in [-0.25, -0.2) is 8.42 Å². The number of aliphatic hydroxyl groups excluding tert-OH is 1. The van der Waals surface area contributed by atoms with Crippen molar-refractivity contribution < 1.29 is 69.5 Å². The zero-order chi connectivity index (χ0) is 20.4. The average Bonchev–Trinajstić information content (AvgIpc) is 2.61. The molecule has 4 nitrogen and oxygen atoms in total. The average molecular weight is 445 g/mol. The van der Waals surface area contributed by atoms with Gasteiger partial charge in [-0.2, -0.15) is 0 Å². The molecule has 0 aromatic heterocycles. The first-order valence-corrected chi connectivity index (χ1v) is 13.0. The van der Waals surface area contributed by atoms with Gasteiger partial charge in [0, 0.05) is 0 Å². The molecular formula is C22H45KO4S. The van der Waals surface area contributed by atoms with Crippen molar-refractivity contribution in [2.75, 3.05) is 0 Å². The zero-order valence-corrected chi connectivity index (χ0v) is 22.9. The molecule has 0 heterocycles. The summed E-state index contributed by atoms with van der Waals surface area (Å²) in [6.07, 6.45) is 18.4. The van der Waals surface area contributed by atoms with Crippen molar-refractivity contribution in [2.45, 2.75) is 141 Å². The van der Waals surface area contributed by atoms with Crippen LogP contribution in [-0.4, -0.2) is 29.4 Å². The number of hydrogen-bond donors (Lipinski definition) is 1. The molecule has 2 atom stereocenters. The Hall–Kier alpha value is 1.51. The van der Waals surface area contributed by atoms with E-state index in [9.17, 15) is 18.1 Å². The molecule has 164 valence electrons. The van der Waals surface area contributed by atoms with Gasteiger partial charge in [0.2, 0.25) is 0 Å². The van der Waals surface area contributed by atoms with E-state index in [2.05, 4.69) is 6.92 Å². The molecule has 0 aromatic rings. The topological polar surface area (TPSA) is 77.4 Å².